The van der Waals surface area contributed by atoms with Crippen molar-refractivity contribution in [2.75, 3.05) is 7.11 Å². The number of carbonyl (C=O) groups excluding carboxylic acids is 2. The lowest BCUT2D eigenvalue weighted by atomic mass is 10.0. The summed E-state index contributed by atoms with van der Waals surface area (Å²) in [7, 11) is 1.00. The molecule has 0 aliphatic carbocycles. The van der Waals surface area contributed by atoms with Crippen LogP contribution < -0.4 is 5.32 Å². The quantitative estimate of drug-likeness (QED) is 0.517. The molecule has 0 atom stereocenters. The molecule has 6 nitrogen and oxygen atoms in total. The van der Waals surface area contributed by atoms with E-state index in [4.69, 9.17) is 15.1 Å². The fraction of sp³-hybridized carbons (Fsp3) is 0.0435. The number of aliphatic hydroxyl groups excluding tert-OH is 1. The second-order valence-electron chi connectivity index (χ2n) is 6.32. The van der Waals surface area contributed by atoms with E-state index in [9.17, 15) is 9.59 Å². The molecule has 0 fully saturated rings. The van der Waals surface area contributed by atoms with E-state index in [0.717, 1.165) is 29.6 Å². The number of amides is 2. The van der Waals surface area contributed by atoms with Crippen molar-refractivity contribution in [2.45, 2.75) is 0 Å². The summed E-state index contributed by atoms with van der Waals surface area (Å²) < 4.78 is 0. The molecule has 2 amide bonds. The number of nitrogens with zero attached hydrogens (tertiary/aromatic N) is 2. The first-order valence-corrected chi connectivity index (χ1v) is 8.98. The zero-order valence-electron chi connectivity index (χ0n) is 15.6. The molecule has 5 rings (SSSR count). The van der Waals surface area contributed by atoms with Gasteiger partial charge < -0.3 is 5.11 Å². The number of fused-ring (bicyclic) bond motifs is 2. The first-order valence-electron chi connectivity index (χ1n) is 8.98. The molecule has 1 aliphatic heterocycles. The van der Waals surface area contributed by atoms with E-state index in [-0.39, 0.29) is 0 Å². The summed E-state index contributed by atoms with van der Waals surface area (Å²) in [4.78, 5) is 33.6. The van der Waals surface area contributed by atoms with Gasteiger partial charge in [0.15, 0.2) is 0 Å². The number of aromatic nitrogens is 2. The van der Waals surface area contributed by atoms with Crippen LogP contribution in [0.25, 0.3) is 33.5 Å². The highest BCUT2D eigenvalue weighted by molar-refractivity contribution is 6.23. The zero-order chi connectivity index (χ0) is 20.4. The predicted octanol–water partition coefficient (Wildman–Crippen LogP) is 3.46. The van der Waals surface area contributed by atoms with Gasteiger partial charge in [0.25, 0.3) is 11.8 Å². The van der Waals surface area contributed by atoms with Crippen LogP contribution in [-0.2, 0) is 0 Å². The van der Waals surface area contributed by atoms with E-state index in [0.29, 0.717) is 22.2 Å². The van der Waals surface area contributed by atoms with Gasteiger partial charge in [0.2, 0.25) is 0 Å². The molecule has 0 saturated carbocycles. The van der Waals surface area contributed by atoms with Gasteiger partial charge in [0, 0.05) is 18.2 Å². The van der Waals surface area contributed by atoms with Crippen molar-refractivity contribution in [3.63, 3.8) is 0 Å². The van der Waals surface area contributed by atoms with Crippen LogP contribution in [0.15, 0.2) is 72.8 Å². The third-order valence-electron chi connectivity index (χ3n) is 4.61. The van der Waals surface area contributed by atoms with Crippen molar-refractivity contribution in [3.8, 4) is 22.5 Å². The van der Waals surface area contributed by atoms with Gasteiger partial charge in [-0.2, -0.15) is 0 Å². The molecule has 142 valence electrons. The van der Waals surface area contributed by atoms with Crippen molar-refractivity contribution in [3.05, 3.63) is 83.9 Å². The normalized spacial score (nSPS) is 12.2. The second kappa shape index (κ2) is 7.61. The molecule has 4 aromatic rings. The number of hydrogen-bond donors (Lipinski definition) is 2. The summed E-state index contributed by atoms with van der Waals surface area (Å²) in [6.07, 6.45) is 0. The van der Waals surface area contributed by atoms with E-state index < -0.39 is 11.8 Å². The molecule has 1 aliphatic rings. The van der Waals surface area contributed by atoms with Gasteiger partial charge in [-0.25, -0.2) is 9.97 Å². The molecule has 1 aromatic heterocycles. The van der Waals surface area contributed by atoms with Crippen molar-refractivity contribution in [1.29, 1.82) is 0 Å². The minimum Gasteiger partial charge on any atom is -0.400 e. The van der Waals surface area contributed by atoms with Gasteiger partial charge in [0.1, 0.15) is 0 Å². The minimum absolute atomic E-state index is 0.341. The smallest absolute Gasteiger partial charge is 0.259 e. The predicted molar refractivity (Wildman–Crippen MR) is 110 cm³/mol. The summed E-state index contributed by atoms with van der Waals surface area (Å²) in [5, 5.41) is 9.32. The zero-order valence-corrected chi connectivity index (χ0v) is 15.6. The minimum atomic E-state index is -0.396. The molecule has 29 heavy (non-hydrogen) atoms. The first kappa shape index (κ1) is 18.5. The molecule has 3 aromatic carbocycles. The Bertz CT molecular complexity index is 1130. The van der Waals surface area contributed by atoms with Gasteiger partial charge in [-0.3, -0.25) is 14.9 Å². The molecule has 6 heteroatoms. The lowest BCUT2D eigenvalue weighted by Crippen LogP contribution is -2.19. The molecule has 0 bridgehead atoms. The fourth-order valence-corrected chi connectivity index (χ4v) is 3.31. The van der Waals surface area contributed by atoms with Crippen molar-refractivity contribution >= 4 is 22.8 Å². The number of benzene rings is 3. The highest BCUT2D eigenvalue weighted by atomic mass is 16.2. The van der Waals surface area contributed by atoms with E-state index in [1.807, 2.05) is 60.7 Å². The molecule has 0 radical (unpaired) electrons. The Morgan fingerprint density at radius 2 is 1.03 bits per heavy atom. The van der Waals surface area contributed by atoms with Crippen LogP contribution in [0.3, 0.4) is 0 Å². The Labute approximate surface area is 166 Å². The standard InChI is InChI=1S/C22H13N3O2.CH4O/c26-21-15-11-17-18(12-16(15)22(27)25-21)24-20(14-9-5-2-6-10-14)19(23-17)13-7-3-1-4-8-13;1-2/h1-12H,(H,25,26,27);2H,1H3. The van der Waals surface area contributed by atoms with Gasteiger partial charge in [0.05, 0.1) is 33.5 Å². The number of imide groups is 1. The average molecular weight is 383 g/mol. The molecule has 0 unspecified atom stereocenters. The van der Waals surface area contributed by atoms with Crippen molar-refractivity contribution < 1.29 is 14.7 Å². The third-order valence-corrected chi connectivity index (χ3v) is 4.61. The number of rotatable bonds is 2. The molecular weight excluding hydrogens is 366 g/mol. The van der Waals surface area contributed by atoms with Gasteiger partial charge in [-0.05, 0) is 12.1 Å². The summed E-state index contributed by atoms with van der Waals surface area (Å²) in [6.45, 7) is 0. The number of hydrogen-bond acceptors (Lipinski definition) is 5. The van der Waals surface area contributed by atoms with Crippen molar-refractivity contribution in [1.82, 2.24) is 15.3 Å². The summed E-state index contributed by atoms with van der Waals surface area (Å²) in [6, 6.07) is 22.9. The highest BCUT2D eigenvalue weighted by Crippen LogP contribution is 2.32. The molecular formula is C23H17N3O3. The van der Waals surface area contributed by atoms with Crippen LogP contribution in [0.2, 0.25) is 0 Å². The molecule has 0 saturated heterocycles. The van der Waals surface area contributed by atoms with Crippen LogP contribution in [0.1, 0.15) is 20.7 Å². The van der Waals surface area contributed by atoms with Gasteiger partial charge in [-0.1, -0.05) is 60.7 Å². The second-order valence-corrected chi connectivity index (χ2v) is 6.32. The Balaban J connectivity index is 0.000000994. The Hall–Kier alpha value is -3.90. The molecule has 2 N–H and O–H groups in total. The Morgan fingerprint density at radius 1 is 0.655 bits per heavy atom. The van der Waals surface area contributed by atoms with Crippen LogP contribution >= 0.6 is 0 Å². The lowest BCUT2D eigenvalue weighted by Gasteiger charge is -2.11. The SMILES string of the molecule is CO.O=C1NC(=O)c2cc3nc(-c4ccccc4)c(-c4ccccc4)nc3cc21. The maximum absolute atomic E-state index is 12.0. The molecule has 0 spiro atoms. The van der Waals surface area contributed by atoms with Crippen LogP contribution in [-0.4, -0.2) is 34.0 Å². The monoisotopic (exact) mass is 383 g/mol. The fourth-order valence-electron chi connectivity index (χ4n) is 3.31. The maximum atomic E-state index is 12.0. The summed E-state index contributed by atoms with van der Waals surface area (Å²) in [5.74, 6) is -0.792. The topological polar surface area (TPSA) is 92.2 Å². The number of carbonyl (C=O) groups is 2. The van der Waals surface area contributed by atoms with E-state index in [2.05, 4.69) is 5.32 Å². The first-order chi connectivity index (χ1) is 14.2. The molecule has 2 heterocycles. The summed E-state index contributed by atoms with van der Waals surface area (Å²) in [5.41, 5.74) is 5.19. The number of nitrogens with one attached hydrogen (secondary N) is 1. The van der Waals surface area contributed by atoms with Crippen LogP contribution in [0.5, 0.6) is 0 Å². The van der Waals surface area contributed by atoms with Crippen molar-refractivity contribution in [2.24, 2.45) is 0 Å². The highest BCUT2D eigenvalue weighted by Gasteiger charge is 2.28. The maximum Gasteiger partial charge on any atom is 0.259 e. The Morgan fingerprint density at radius 3 is 1.41 bits per heavy atom. The van der Waals surface area contributed by atoms with Crippen LogP contribution in [0.4, 0.5) is 0 Å². The largest absolute Gasteiger partial charge is 0.400 e. The number of aliphatic hydroxyl groups is 1. The summed E-state index contributed by atoms with van der Waals surface area (Å²) >= 11 is 0. The Kier molecular flexibility index (Phi) is 4.85. The van der Waals surface area contributed by atoms with Gasteiger partial charge in [-0.15, -0.1) is 0 Å². The van der Waals surface area contributed by atoms with E-state index in [1.54, 1.807) is 12.1 Å². The van der Waals surface area contributed by atoms with Gasteiger partial charge >= 0.3 is 0 Å². The van der Waals surface area contributed by atoms with Crippen LogP contribution in [0, 0.1) is 0 Å². The average Bonchev–Trinajstić information content (AvgIpc) is 3.06. The van der Waals surface area contributed by atoms with E-state index in [1.165, 1.54) is 0 Å². The lowest BCUT2D eigenvalue weighted by molar-refractivity contribution is 0.0879. The third kappa shape index (κ3) is 3.26. The van der Waals surface area contributed by atoms with E-state index >= 15 is 0 Å².